The van der Waals surface area contributed by atoms with E-state index in [0.29, 0.717) is 35.9 Å². The van der Waals surface area contributed by atoms with E-state index in [-0.39, 0.29) is 101 Å². The number of unbranched alkanes of at least 4 members (excludes halogenated alkanes) is 1. The van der Waals surface area contributed by atoms with Crippen molar-refractivity contribution in [3.05, 3.63) is 71.8 Å². The average Bonchev–Trinajstić information content (AvgIpc) is 3.21. The first kappa shape index (κ1) is 52.5. The van der Waals surface area contributed by atoms with Gasteiger partial charge in [-0.05, 0) is 126 Å². The number of halogens is 1. The van der Waals surface area contributed by atoms with Gasteiger partial charge in [0, 0.05) is 30.4 Å². The van der Waals surface area contributed by atoms with Crippen molar-refractivity contribution >= 4 is 41.6 Å². The minimum Gasteiger partial charge on any atom is -0.480 e. The van der Waals surface area contributed by atoms with Crippen molar-refractivity contribution in [2.75, 3.05) is 70.7 Å². The topological polar surface area (TPSA) is 206 Å². The van der Waals surface area contributed by atoms with E-state index >= 15 is 0 Å². The molecule has 0 spiro atoms. The fourth-order valence-corrected chi connectivity index (χ4v) is 6.82. The maximum absolute atomic E-state index is 14.8. The summed E-state index contributed by atoms with van der Waals surface area (Å²) in [6.07, 6.45) is 6.67. The SMILES string of the molecule is CC(C)(CCCCc1cc(Oc2ccc(SNc3ncc(C(=O)NCCOCCOCC(=O)NCCOCCOCC(=O)O)cn3)cc2)ccc1F)CC(C)(C)C(=O)OC(C)(C)C. The predicted octanol–water partition coefficient (Wildman–Crippen LogP) is 7.02. The van der Waals surface area contributed by atoms with Crippen LogP contribution in [0.15, 0.2) is 59.8 Å². The molecule has 0 saturated heterocycles. The normalized spacial score (nSPS) is 11.8. The lowest BCUT2D eigenvalue weighted by Gasteiger charge is -2.35. The zero-order chi connectivity index (χ0) is 46.3. The van der Waals surface area contributed by atoms with Crippen LogP contribution in [0, 0.1) is 16.6 Å². The van der Waals surface area contributed by atoms with Crippen LogP contribution in [0.2, 0.25) is 0 Å². The summed E-state index contributed by atoms with van der Waals surface area (Å²) in [5.74, 6) is -0.733. The molecule has 2 amide bonds. The molecule has 0 fully saturated rings. The van der Waals surface area contributed by atoms with E-state index in [2.05, 4.69) is 39.2 Å². The fraction of sp³-hybridized carbons (Fsp3) is 0.556. The number of ether oxygens (including phenoxy) is 6. The minimum atomic E-state index is -1.05. The van der Waals surface area contributed by atoms with Crippen LogP contribution in [-0.4, -0.2) is 110 Å². The van der Waals surface area contributed by atoms with Crippen molar-refractivity contribution in [1.29, 1.82) is 0 Å². The number of amides is 2. The summed E-state index contributed by atoms with van der Waals surface area (Å²) in [7, 11) is 0. The monoisotopic (exact) mass is 901 g/mol. The maximum Gasteiger partial charge on any atom is 0.329 e. The van der Waals surface area contributed by atoms with Gasteiger partial charge in [0.2, 0.25) is 11.9 Å². The number of benzene rings is 2. The summed E-state index contributed by atoms with van der Waals surface area (Å²) in [6.45, 7) is 15.1. The average molecular weight is 902 g/mol. The number of carbonyl (C=O) groups excluding carboxylic acids is 3. The number of anilines is 1. The van der Waals surface area contributed by atoms with Gasteiger partial charge in [-0.25, -0.2) is 19.2 Å². The van der Waals surface area contributed by atoms with E-state index in [4.69, 9.17) is 33.5 Å². The highest BCUT2D eigenvalue weighted by Gasteiger charge is 2.37. The molecule has 348 valence electrons. The summed E-state index contributed by atoms with van der Waals surface area (Å²) in [4.78, 5) is 56.7. The highest BCUT2D eigenvalue weighted by molar-refractivity contribution is 8.00. The molecule has 0 aliphatic rings. The van der Waals surface area contributed by atoms with Crippen LogP contribution in [0.5, 0.6) is 11.5 Å². The van der Waals surface area contributed by atoms with Crippen molar-refractivity contribution in [2.45, 2.75) is 91.1 Å². The van der Waals surface area contributed by atoms with E-state index in [1.165, 1.54) is 30.4 Å². The number of esters is 1. The third-order valence-electron chi connectivity index (χ3n) is 8.98. The number of aryl methyl sites for hydroxylation is 1. The molecule has 0 unspecified atom stereocenters. The number of aromatic nitrogens is 2. The number of carboxylic acid groups (broad SMARTS) is 1. The lowest BCUT2D eigenvalue weighted by atomic mass is 9.72. The highest BCUT2D eigenvalue weighted by atomic mass is 32.2. The number of nitrogens with zero attached hydrogens (tertiary/aromatic N) is 2. The number of hydrogen-bond donors (Lipinski definition) is 4. The molecule has 0 atom stereocenters. The molecule has 0 aliphatic carbocycles. The standard InChI is InChI=1S/C45H64FN5O11S/c1-43(2,3)62-41(56)45(6,7)31-44(4,5)17-9-8-10-32-26-35(13-16-37(32)46)61-34-11-14-36(15-12-34)63-51-42-49-27-33(28-50-42)40(55)48-19-21-58-22-24-59-29-38(52)47-18-20-57-23-25-60-30-39(53)54/h11-16,26-28H,8-10,17-25,29-31H2,1-7H3,(H,47,52)(H,48,55)(H,53,54)(H,49,50,51). The molecule has 0 radical (unpaired) electrons. The second-order valence-electron chi connectivity index (χ2n) is 17.1. The van der Waals surface area contributed by atoms with Crippen molar-refractivity contribution in [3.63, 3.8) is 0 Å². The number of carboxylic acids is 1. The Bertz CT molecular complexity index is 1880. The van der Waals surface area contributed by atoms with E-state index < -0.39 is 17.0 Å². The Labute approximate surface area is 374 Å². The fourth-order valence-electron chi connectivity index (χ4n) is 6.23. The van der Waals surface area contributed by atoms with Gasteiger partial charge in [0.1, 0.15) is 36.1 Å². The molecule has 2 aromatic carbocycles. The molecule has 0 aliphatic heterocycles. The lowest BCUT2D eigenvalue weighted by molar-refractivity contribution is -0.167. The van der Waals surface area contributed by atoms with Gasteiger partial charge in [-0.2, -0.15) is 0 Å². The van der Waals surface area contributed by atoms with Crippen molar-refractivity contribution in [1.82, 2.24) is 20.6 Å². The quantitative estimate of drug-likeness (QED) is 0.0301. The molecular formula is C45H64FN5O11S. The summed E-state index contributed by atoms with van der Waals surface area (Å²) in [6, 6.07) is 12.1. The third kappa shape index (κ3) is 22.3. The molecule has 16 nitrogen and oxygen atoms in total. The van der Waals surface area contributed by atoms with E-state index in [9.17, 15) is 23.6 Å². The van der Waals surface area contributed by atoms with Crippen LogP contribution in [0.4, 0.5) is 10.3 Å². The summed E-state index contributed by atoms with van der Waals surface area (Å²) in [5, 5.41) is 13.8. The van der Waals surface area contributed by atoms with E-state index in [1.807, 2.05) is 58.9 Å². The first-order valence-corrected chi connectivity index (χ1v) is 21.8. The predicted molar refractivity (Wildman–Crippen MR) is 236 cm³/mol. The molecule has 3 rings (SSSR count). The zero-order valence-corrected chi connectivity index (χ0v) is 38.3. The minimum absolute atomic E-state index is 0.0891. The Morgan fingerprint density at radius 1 is 0.746 bits per heavy atom. The Kier molecular flexibility index (Phi) is 22.2. The van der Waals surface area contributed by atoms with E-state index in [0.717, 1.165) is 24.2 Å². The van der Waals surface area contributed by atoms with Gasteiger partial charge >= 0.3 is 11.9 Å². The molecule has 0 bridgehead atoms. The lowest BCUT2D eigenvalue weighted by Crippen LogP contribution is -2.36. The molecule has 63 heavy (non-hydrogen) atoms. The van der Waals surface area contributed by atoms with Gasteiger partial charge in [0.25, 0.3) is 5.91 Å². The number of nitrogens with one attached hydrogen (secondary N) is 3. The number of hydrogen-bond acceptors (Lipinski definition) is 14. The Morgan fingerprint density at radius 3 is 1.98 bits per heavy atom. The zero-order valence-electron chi connectivity index (χ0n) is 37.5. The van der Waals surface area contributed by atoms with Crippen LogP contribution in [0.25, 0.3) is 0 Å². The number of rotatable bonds is 30. The molecule has 1 aromatic heterocycles. The van der Waals surface area contributed by atoms with Crippen LogP contribution in [0.1, 0.15) is 90.1 Å². The van der Waals surface area contributed by atoms with Crippen LogP contribution in [-0.2, 0) is 44.5 Å². The molecular weight excluding hydrogens is 838 g/mol. The molecule has 3 aromatic rings. The largest absolute Gasteiger partial charge is 0.480 e. The van der Waals surface area contributed by atoms with Gasteiger partial charge < -0.3 is 44.2 Å². The Balaban J connectivity index is 1.28. The van der Waals surface area contributed by atoms with Gasteiger partial charge in [0.15, 0.2) is 0 Å². The number of carbonyl (C=O) groups is 4. The van der Waals surface area contributed by atoms with Gasteiger partial charge in [0.05, 0.1) is 50.6 Å². The first-order valence-electron chi connectivity index (χ1n) is 20.9. The summed E-state index contributed by atoms with van der Waals surface area (Å²) >= 11 is 1.28. The maximum atomic E-state index is 14.8. The van der Waals surface area contributed by atoms with Gasteiger partial charge in [-0.15, -0.1) is 0 Å². The van der Waals surface area contributed by atoms with Crippen molar-refractivity contribution < 1.29 is 57.1 Å². The van der Waals surface area contributed by atoms with Crippen LogP contribution in [0.3, 0.4) is 0 Å². The third-order valence-corrected chi connectivity index (χ3v) is 9.77. The van der Waals surface area contributed by atoms with Gasteiger partial charge in [-0.1, -0.05) is 20.3 Å². The van der Waals surface area contributed by atoms with Crippen molar-refractivity contribution in [3.8, 4) is 11.5 Å². The highest BCUT2D eigenvalue weighted by Crippen LogP contribution is 2.39. The van der Waals surface area contributed by atoms with Crippen molar-refractivity contribution in [2.24, 2.45) is 10.8 Å². The molecule has 4 N–H and O–H groups in total. The smallest absolute Gasteiger partial charge is 0.329 e. The summed E-state index contributed by atoms with van der Waals surface area (Å²) < 4.78 is 50.3. The molecule has 1 heterocycles. The second-order valence-corrected chi connectivity index (χ2v) is 18.0. The number of aliphatic carboxylic acids is 1. The second kappa shape index (κ2) is 26.7. The van der Waals surface area contributed by atoms with Gasteiger partial charge in [-0.3, -0.25) is 19.1 Å². The van der Waals surface area contributed by atoms with E-state index in [1.54, 1.807) is 12.1 Å². The summed E-state index contributed by atoms with van der Waals surface area (Å²) in [5.41, 5.74) is -0.361. The van der Waals surface area contributed by atoms with Crippen LogP contribution < -0.4 is 20.1 Å². The Morgan fingerprint density at radius 2 is 1.35 bits per heavy atom. The van der Waals surface area contributed by atoms with Crippen LogP contribution >= 0.6 is 11.9 Å². The molecule has 0 saturated carbocycles. The Hall–Kier alpha value is -4.88. The molecule has 18 heteroatoms. The first-order chi connectivity index (χ1) is 29.8.